The molecule has 1 aliphatic heterocycles. The first kappa shape index (κ1) is 18.7. The first-order chi connectivity index (χ1) is 14.3. The average molecular weight is 385 g/mol. The minimum atomic E-state index is -0.121. The molecule has 5 heteroatoms. The lowest BCUT2D eigenvalue weighted by Crippen LogP contribution is -2.41. The number of hydrogen-bond acceptors (Lipinski definition) is 4. The van der Waals surface area contributed by atoms with Crippen LogP contribution in [0.2, 0.25) is 0 Å². The first-order valence-electron chi connectivity index (χ1n) is 9.70. The number of methoxy groups -OCH3 is 1. The molecule has 0 saturated carbocycles. The van der Waals surface area contributed by atoms with Crippen molar-refractivity contribution in [2.75, 3.05) is 24.0 Å². The zero-order valence-corrected chi connectivity index (χ0v) is 16.3. The van der Waals surface area contributed by atoms with Crippen LogP contribution < -0.4 is 15.1 Å². The number of amidine groups is 1. The minimum Gasteiger partial charge on any atom is -0.495 e. The van der Waals surface area contributed by atoms with Crippen LogP contribution in [0.15, 0.2) is 84.0 Å². The average Bonchev–Trinajstić information content (AvgIpc) is 2.80. The van der Waals surface area contributed by atoms with Gasteiger partial charge in [0.05, 0.1) is 12.8 Å². The van der Waals surface area contributed by atoms with E-state index in [0.717, 1.165) is 25.1 Å². The van der Waals surface area contributed by atoms with E-state index in [1.807, 2.05) is 77.7 Å². The summed E-state index contributed by atoms with van der Waals surface area (Å²) in [6.45, 7) is 0.738. The van der Waals surface area contributed by atoms with Gasteiger partial charge in [0.15, 0.2) is 0 Å². The highest BCUT2D eigenvalue weighted by molar-refractivity contribution is 6.49. The summed E-state index contributed by atoms with van der Waals surface area (Å²) in [7, 11) is 1.61. The molecule has 0 amide bonds. The van der Waals surface area contributed by atoms with Crippen molar-refractivity contribution in [3.63, 3.8) is 0 Å². The second-order valence-corrected chi connectivity index (χ2v) is 6.83. The largest absolute Gasteiger partial charge is 0.495 e. The lowest BCUT2D eigenvalue weighted by atomic mass is 10.0. The molecule has 0 atom stereocenters. The fraction of sp³-hybridized carbons (Fsp3) is 0.167. The summed E-state index contributed by atoms with van der Waals surface area (Å²) in [5.74, 6) is 0.917. The smallest absolute Gasteiger partial charge is 0.230 e. The monoisotopic (exact) mass is 385 g/mol. The van der Waals surface area contributed by atoms with Crippen molar-refractivity contribution in [1.29, 1.82) is 0 Å². The SMILES string of the molecule is COc1ccccc1NN=C(C(=O)c1ccccc1)N1CCCc2ccccc21. The van der Waals surface area contributed by atoms with Crippen LogP contribution in [0.1, 0.15) is 22.3 Å². The number of rotatable bonds is 5. The highest BCUT2D eigenvalue weighted by Crippen LogP contribution is 2.28. The summed E-state index contributed by atoms with van der Waals surface area (Å²) in [4.78, 5) is 15.4. The summed E-state index contributed by atoms with van der Waals surface area (Å²) in [6.07, 6.45) is 1.96. The Bertz CT molecular complexity index is 1030. The normalized spacial score (nSPS) is 13.6. The number of benzene rings is 3. The molecule has 1 N–H and O–H groups in total. The second-order valence-electron chi connectivity index (χ2n) is 6.83. The van der Waals surface area contributed by atoms with Crippen molar-refractivity contribution in [2.45, 2.75) is 12.8 Å². The number of anilines is 2. The summed E-state index contributed by atoms with van der Waals surface area (Å²) >= 11 is 0. The number of fused-ring (bicyclic) bond motifs is 1. The summed E-state index contributed by atoms with van der Waals surface area (Å²) < 4.78 is 5.39. The predicted octanol–water partition coefficient (Wildman–Crippen LogP) is 4.76. The van der Waals surface area contributed by atoms with Gasteiger partial charge >= 0.3 is 0 Å². The van der Waals surface area contributed by atoms with Gasteiger partial charge in [-0.2, -0.15) is 5.10 Å². The van der Waals surface area contributed by atoms with Crippen molar-refractivity contribution < 1.29 is 9.53 Å². The molecule has 3 aromatic rings. The third-order valence-electron chi connectivity index (χ3n) is 4.99. The van der Waals surface area contributed by atoms with Crippen LogP contribution in [0.5, 0.6) is 5.75 Å². The Hall–Kier alpha value is -3.60. The Morgan fingerprint density at radius 3 is 2.52 bits per heavy atom. The van der Waals surface area contributed by atoms with E-state index in [-0.39, 0.29) is 5.78 Å². The number of ketones is 1. The number of carbonyl (C=O) groups is 1. The molecule has 1 heterocycles. The standard InChI is InChI=1S/C24H23N3O2/c1-29-22-16-8-6-14-20(22)25-26-24(23(28)19-11-3-2-4-12-19)27-17-9-13-18-10-5-7-15-21(18)27/h2-8,10-12,14-16,25H,9,13,17H2,1H3. The number of ether oxygens (including phenoxy) is 1. The Kier molecular flexibility index (Phi) is 5.56. The number of hydrazone groups is 1. The van der Waals surface area contributed by atoms with Gasteiger partial charge in [0.2, 0.25) is 11.6 Å². The molecule has 0 spiro atoms. The molecule has 0 aliphatic carbocycles. The van der Waals surface area contributed by atoms with Crippen molar-refractivity contribution in [1.82, 2.24) is 0 Å². The number of carbonyl (C=O) groups excluding carboxylic acids is 1. The number of Topliss-reactive ketones (excluding diaryl/α,β-unsaturated/α-hetero) is 1. The van der Waals surface area contributed by atoms with Gasteiger partial charge < -0.3 is 9.64 Å². The van der Waals surface area contributed by atoms with Gasteiger partial charge in [0.25, 0.3) is 0 Å². The Labute approximate surface area is 170 Å². The van der Waals surface area contributed by atoms with E-state index in [1.165, 1.54) is 5.56 Å². The van der Waals surface area contributed by atoms with E-state index in [0.29, 0.717) is 22.8 Å². The second kappa shape index (κ2) is 8.61. The Balaban J connectivity index is 1.75. The van der Waals surface area contributed by atoms with E-state index in [2.05, 4.69) is 16.6 Å². The fourth-order valence-corrected chi connectivity index (χ4v) is 3.56. The Morgan fingerprint density at radius 2 is 1.69 bits per heavy atom. The Morgan fingerprint density at radius 1 is 0.966 bits per heavy atom. The molecule has 146 valence electrons. The highest BCUT2D eigenvalue weighted by Gasteiger charge is 2.26. The maximum absolute atomic E-state index is 13.4. The molecule has 0 fully saturated rings. The number of para-hydroxylation sites is 3. The van der Waals surface area contributed by atoms with E-state index >= 15 is 0 Å². The predicted molar refractivity (Wildman–Crippen MR) is 117 cm³/mol. The molecule has 0 unspecified atom stereocenters. The van der Waals surface area contributed by atoms with Crippen molar-refractivity contribution >= 4 is 23.0 Å². The first-order valence-corrected chi connectivity index (χ1v) is 9.70. The van der Waals surface area contributed by atoms with Gasteiger partial charge in [0.1, 0.15) is 5.75 Å². The van der Waals surface area contributed by atoms with Crippen molar-refractivity contribution in [3.8, 4) is 5.75 Å². The summed E-state index contributed by atoms with van der Waals surface area (Å²) in [5, 5.41) is 4.56. The van der Waals surface area contributed by atoms with E-state index in [1.54, 1.807) is 7.11 Å². The molecule has 5 nitrogen and oxygen atoms in total. The molecule has 1 aliphatic rings. The van der Waals surface area contributed by atoms with E-state index in [9.17, 15) is 4.79 Å². The lowest BCUT2D eigenvalue weighted by Gasteiger charge is -2.31. The molecular weight excluding hydrogens is 362 g/mol. The molecule has 0 bridgehead atoms. The van der Waals surface area contributed by atoms with Crippen LogP contribution in [0, 0.1) is 0 Å². The van der Waals surface area contributed by atoms with Crippen LogP contribution >= 0.6 is 0 Å². The van der Waals surface area contributed by atoms with Gasteiger partial charge in [-0.1, -0.05) is 60.7 Å². The molecule has 0 saturated heterocycles. The zero-order valence-electron chi connectivity index (χ0n) is 16.3. The topological polar surface area (TPSA) is 53.9 Å². The van der Waals surface area contributed by atoms with Crippen molar-refractivity contribution in [2.24, 2.45) is 5.10 Å². The minimum absolute atomic E-state index is 0.121. The number of nitrogens with zero attached hydrogens (tertiary/aromatic N) is 2. The summed E-state index contributed by atoms with van der Waals surface area (Å²) in [6, 6.07) is 25.0. The lowest BCUT2D eigenvalue weighted by molar-refractivity contribution is 0.106. The molecule has 29 heavy (non-hydrogen) atoms. The molecule has 0 aromatic heterocycles. The molecule has 4 rings (SSSR count). The molecule has 3 aromatic carbocycles. The third kappa shape index (κ3) is 3.99. The van der Waals surface area contributed by atoms with Gasteiger partial charge in [-0.25, -0.2) is 0 Å². The maximum Gasteiger partial charge on any atom is 0.230 e. The quantitative estimate of drug-likeness (QED) is 0.298. The van der Waals surface area contributed by atoms with Crippen LogP contribution in [0.25, 0.3) is 0 Å². The van der Waals surface area contributed by atoms with E-state index in [4.69, 9.17) is 4.74 Å². The van der Waals surface area contributed by atoms with Gasteiger partial charge in [0, 0.05) is 17.8 Å². The van der Waals surface area contributed by atoms with Gasteiger partial charge in [-0.3, -0.25) is 10.2 Å². The zero-order chi connectivity index (χ0) is 20.1. The van der Waals surface area contributed by atoms with Crippen LogP contribution in [0.4, 0.5) is 11.4 Å². The number of aryl methyl sites for hydroxylation is 1. The van der Waals surface area contributed by atoms with E-state index < -0.39 is 0 Å². The third-order valence-corrected chi connectivity index (χ3v) is 4.99. The molecule has 0 radical (unpaired) electrons. The summed E-state index contributed by atoms with van der Waals surface area (Å²) in [5.41, 5.74) is 6.62. The van der Waals surface area contributed by atoms with Crippen molar-refractivity contribution in [3.05, 3.63) is 90.0 Å². The van der Waals surface area contributed by atoms with Gasteiger partial charge in [-0.05, 0) is 36.6 Å². The van der Waals surface area contributed by atoms with Gasteiger partial charge in [-0.15, -0.1) is 0 Å². The maximum atomic E-state index is 13.4. The highest BCUT2D eigenvalue weighted by atomic mass is 16.5. The molecular formula is C24H23N3O2. The fourth-order valence-electron chi connectivity index (χ4n) is 3.56. The van der Waals surface area contributed by atoms with Crippen LogP contribution in [0.3, 0.4) is 0 Å². The number of nitrogens with one attached hydrogen (secondary N) is 1. The van der Waals surface area contributed by atoms with Crippen LogP contribution in [-0.4, -0.2) is 25.3 Å². The van der Waals surface area contributed by atoms with Crippen LogP contribution in [-0.2, 0) is 6.42 Å². The number of hydrogen-bond donors (Lipinski definition) is 1.